The molecule has 0 radical (unpaired) electrons. The predicted molar refractivity (Wildman–Crippen MR) is 68.5 cm³/mol. The van der Waals surface area contributed by atoms with Gasteiger partial charge in [-0.15, -0.1) is 0 Å². The van der Waals surface area contributed by atoms with E-state index in [0.717, 1.165) is 13.0 Å². The highest BCUT2D eigenvalue weighted by Crippen LogP contribution is 2.14. The summed E-state index contributed by atoms with van der Waals surface area (Å²) in [7, 11) is 1.99. The van der Waals surface area contributed by atoms with Crippen LogP contribution in [0.3, 0.4) is 0 Å². The molecule has 1 N–H and O–H groups in total. The second-order valence-corrected chi connectivity index (χ2v) is 3.96. The van der Waals surface area contributed by atoms with Gasteiger partial charge in [-0.2, -0.15) is 0 Å². The lowest BCUT2D eigenvalue weighted by Crippen LogP contribution is -2.07. The third-order valence-electron chi connectivity index (χ3n) is 2.72. The van der Waals surface area contributed by atoms with Crippen LogP contribution in [0.2, 0.25) is 0 Å². The Morgan fingerprint density at radius 1 is 0.812 bits per heavy atom. The molecule has 0 amide bonds. The summed E-state index contributed by atoms with van der Waals surface area (Å²) in [5.41, 5.74) is 4.16. The topological polar surface area (TPSA) is 12.0 Å². The van der Waals surface area contributed by atoms with Crippen LogP contribution in [0.15, 0.2) is 54.6 Å². The molecular formula is C15H17N. The molecule has 0 aromatic heterocycles. The zero-order chi connectivity index (χ0) is 11.2. The molecule has 16 heavy (non-hydrogen) atoms. The van der Waals surface area contributed by atoms with E-state index in [9.17, 15) is 0 Å². The summed E-state index contributed by atoms with van der Waals surface area (Å²) in [6.07, 6.45) is 1.01. The zero-order valence-electron chi connectivity index (χ0n) is 9.61. The number of benzene rings is 2. The lowest BCUT2D eigenvalue weighted by atomic mass is 10.00. The average Bonchev–Trinajstić information content (AvgIpc) is 2.33. The van der Waals surface area contributed by atoms with Crippen molar-refractivity contribution in [3.63, 3.8) is 0 Å². The summed E-state index contributed by atoms with van der Waals surface area (Å²) in [5.74, 6) is 0. The van der Waals surface area contributed by atoms with Crippen LogP contribution >= 0.6 is 0 Å². The van der Waals surface area contributed by atoms with Gasteiger partial charge in [0.25, 0.3) is 0 Å². The van der Waals surface area contributed by atoms with Gasteiger partial charge in [-0.1, -0.05) is 54.6 Å². The summed E-state index contributed by atoms with van der Waals surface area (Å²) in [6, 6.07) is 19.2. The van der Waals surface area contributed by atoms with E-state index in [-0.39, 0.29) is 0 Å². The minimum absolute atomic E-state index is 0.934. The van der Waals surface area contributed by atoms with Crippen LogP contribution in [0, 0.1) is 0 Å². The number of hydrogen-bond donors (Lipinski definition) is 1. The van der Waals surface area contributed by atoms with Crippen molar-refractivity contribution < 1.29 is 0 Å². The summed E-state index contributed by atoms with van der Waals surface area (Å²) in [5, 5.41) is 3.21. The van der Waals surface area contributed by atoms with Gasteiger partial charge in [0.15, 0.2) is 0 Å². The molecule has 0 fully saturated rings. The van der Waals surface area contributed by atoms with E-state index >= 15 is 0 Å². The van der Waals surface area contributed by atoms with Gasteiger partial charge in [0.1, 0.15) is 0 Å². The normalized spacial score (nSPS) is 10.3. The lowest BCUT2D eigenvalue weighted by molar-refractivity contribution is 0.808. The second-order valence-electron chi connectivity index (χ2n) is 3.96. The van der Waals surface area contributed by atoms with Crippen molar-refractivity contribution in [2.24, 2.45) is 0 Å². The summed E-state index contributed by atoms with van der Waals surface area (Å²) >= 11 is 0. The van der Waals surface area contributed by atoms with E-state index < -0.39 is 0 Å². The smallest absolute Gasteiger partial charge is 0.0205 e. The highest BCUT2D eigenvalue weighted by atomic mass is 14.8. The first-order valence-corrected chi connectivity index (χ1v) is 5.65. The van der Waals surface area contributed by atoms with E-state index in [1.165, 1.54) is 16.7 Å². The maximum Gasteiger partial charge on any atom is 0.0205 e. The van der Waals surface area contributed by atoms with Gasteiger partial charge in [-0.3, -0.25) is 0 Å². The SMILES string of the molecule is CNCc1ccccc1Cc1ccccc1. The van der Waals surface area contributed by atoms with Crippen molar-refractivity contribution in [3.8, 4) is 0 Å². The summed E-state index contributed by atoms with van der Waals surface area (Å²) in [6.45, 7) is 0.934. The molecule has 0 heterocycles. The molecule has 0 unspecified atom stereocenters. The molecule has 1 nitrogen and oxygen atoms in total. The fourth-order valence-electron chi connectivity index (χ4n) is 1.91. The number of rotatable bonds is 4. The molecule has 2 aromatic rings. The van der Waals surface area contributed by atoms with Crippen LogP contribution in [-0.4, -0.2) is 7.05 Å². The van der Waals surface area contributed by atoms with Crippen LogP contribution in [0.4, 0.5) is 0 Å². The molecule has 2 rings (SSSR count). The van der Waals surface area contributed by atoms with E-state index in [4.69, 9.17) is 0 Å². The number of hydrogen-bond acceptors (Lipinski definition) is 1. The molecule has 1 heteroatoms. The van der Waals surface area contributed by atoms with Crippen LogP contribution in [0.1, 0.15) is 16.7 Å². The van der Waals surface area contributed by atoms with E-state index in [1.54, 1.807) is 0 Å². The van der Waals surface area contributed by atoms with Crippen molar-refractivity contribution in [1.82, 2.24) is 5.32 Å². The van der Waals surface area contributed by atoms with Gasteiger partial charge in [0.2, 0.25) is 0 Å². The Morgan fingerprint density at radius 2 is 1.44 bits per heavy atom. The van der Waals surface area contributed by atoms with Crippen molar-refractivity contribution in [2.75, 3.05) is 7.05 Å². The van der Waals surface area contributed by atoms with Crippen molar-refractivity contribution in [1.29, 1.82) is 0 Å². The van der Waals surface area contributed by atoms with Crippen LogP contribution < -0.4 is 5.32 Å². The van der Waals surface area contributed by atoms with Gasteiger partial charge >= 0.3 is 0 Å². The summed E-state index contributed by atoms with van der Waals surface area (Å²) < 4.78 is 0. The molecule has 0 spiro atoms. The van der Waals surface area contributed by atoms with Gasteiger partial charge in [-0.25, -0.2) is 0 Å². The molecule has 82 valence electrons. The molecule has 0 bridgehead atoms. The van der Waals surface area contributed by atoms with Crippen LogP contribution in [0.25, 0.3) is 0 Å². The van der Waals surface area contributed by atoms with E-state index in [1.807, 2.05) is 7.05 Å². The monoisotopic (exact) mass is 211 g/mol. The zero-order valence-corrected chi connectivity index (χ0v) is 9.61. The van der Waals surface area contributed by atoms with Crippen molar-refractivity contribution in [3.05, 3.63) is 71.3 Å². The molecule has 0 atom stereocenters. The Kier molecular flexibility index (Phi) is 3.73. The Hall–Kier alpha value is -1.60. The Labute approximate surface area is 97.1 Å². The summed E-state index contributed by atoms with van der Waals surface area (Å²) in [4.78, 5) is 0. The molecular weight excluding hydrogens is 194 g/mol. The third kappa shape index (κ3) is 2.71. The minimum Gasteiger partial charge on any atom is -0.316 e. The first-order valence-electron chi connectivity index (χ1n) is 5.65. The maximum atomic E-state index is 3.21. The van der Waals surface area contributed by atoms with Gasteiger partial charge in [0, 0.05) is 6.54 Å². The third-order valence-corrected chi connectivity index (χ3v) is 2.72. The minimum atomic E-state index is 0.934. The Bertz CT molecular complexity index is 434. The largest absolute Gasteiger partial charge is 0.316 e. The highest BCUT2D eigenvalue weighted by molar-refractivity contribution is 5.32. The molecule has 0 aliphatic rings. The Balaban J connectivity index is 2.21. The maximum absolute atomic E-state index is 3.21. The fraction of sp³-hybridized carbons (Fsp3) is 0.200. The van der Waals surface area contributed by atoms with Gasteiger partial charge in [-0.05, 0) is 30.2 Å². The standard InChI is InChI=1S/C15H17N/c1-16-12-15-10-6-5-9-14(15)11-13-7-3-2-4-8-13/h2-10,16H,11-12H2,1H3. The predicted octanol–water partition coefficient (Wildman–Crippen LogP) is 3.00. The fourth-order valence-corrected chi connectivity index (χ4v) is 1.91. The molecule has 0 aliphatic carbocycles. The molecule has 0 aliphatic heterocycles. The molecule has 2 aromatic carbocycles. The first kappa shape index (κ1) is 10.9. The second kappa shape index (κ2) is 5.47. The quantitative estimate of drug-likeness (QED) is 0.819. The van der Waals surface area contributed by atoms with Crippen molar-refractivity contribution in [2.45, 2.75) is 13.0 Å². The van der Waals surface area contributed by atoms with Crippen molar-refractivity contribution >= 4 is 0 Å². The van der Waals surface area contributed by atoms with Gasteiger partial charge < -0.3 is 5.32 Å². The molecule has 0 saturated carbocycles. The van der Waals surface area contributed by atoms with E-state index in [0.29, 0.717) is 0 Å². The van der Waals surface area contributed by atoms with E-state index in [2.05, 4.69) is 59.9 Å². The lowest BCUT2D eigenvalue weighted by Gasteiger charge is -2.08. The highest BCUT2D eigenvalue weighted by Gasteiger charge is 2.01. The van der Waals surface area contributed by atoms with Crippen LogP contribution in [0.5, 0.6) is 0 Å². The number of nitrogens with one attached hydrogen (secondary N) is 1. The Morgan fingerprint density at radius 3 is 2.12 bits per heavy atom. The molecule has 0 saturated heterocycles. The average molecular weight is 211 g/mol. The van der Waals surface area contributed by atoms with Gasteiger partial charge in [0.05, 0.1) is 0 Å². The van der Waals surface area contributed by atoms with Crippen LogP contribution in [-0.2, 0) is 13.0 Å². The first-order chi connectivity index (χ1) is 7.90.